The van der Waals surface area contributed by atoms with E-state index in [0.717, 1.165) is 54.2 Å². The van der Waals surface area contributed by atoms with E-state index in [1.807, 2.05) is 31.2 Å². The van der Waals surface area contributed by atoms with E-state index in [9.17, 15) is 4.21 Å². The number of hydrogen-bond acceptors (Lipinski definition) is 6. The summed E-state index contributed by atoms with van der Waals surface area (Å²) in [6, 6.07) is 8.56. The van der Waals surface area contributed by atoms with Crippen molar-refractivity contribution in [2.24, 2.45) is 17.8 Å². The standard InChI is InChI=1S/C21H29N3O3S/c1-3-20-22-21(27-23-20)24-10-8-16(9-11-24)19-12-17(19)14-26-13-15-4-6-18(7-5-15)28(2)25/h4-7,16-17,19H,3,8-14H2,1-2H3. The Kier molecular flexibility index (Phi) is 6.11. The van der Waals surface area contributed by atoms with Gasteiger partial charge in [0.15, 0.2) is 5.82 Å². The van der Waals surface area contributed by atoms with E-state index < -0.39 is 10.8 Å². The molecule has 1 aliphatic heterocycles. The summed E-state index contributed by atoms with van der Waals surface area (Å²) in [7, 11) is -0.920. The Hall–Kier alpha value is -1.73. The van der Waals surface area contributed by atoms with Crippen molar-refractivity contribution in [3.05, 3.63) is 35.7 Å². The van der Waals surface area contributed by atoms with Gasteiger partial charge in [-0.3, -0.25) is 4.21 Å². The molecule has 0 N–H and O–H groups in total. The molecule has 1 aromatic heterocycles. The van der Waals surface area contributed by atoms with Gasteiger partial charge in [0, 0.05) is 41.5 Å². The van der Waals surface area contributed by atoms with Crippen LogP contribution in [-0.2, 0) is 28.6 Å². The highest BCUT2D eigenvalue weighted by Crippen LogP contribution is 2.48. The van der Waals surface area contributed by atoms with Crippen molar-refractivity contribution in [3.8, 4) is 0 Å². The van der Waals surface area contributed by atoms with Gasteiger partial charge < -0.3 is 14.2 Å². The Labute approximate surface area is 169 Å². The molecule has 1 aromatic carbocycles. The van der Waals surface area contributed by atoms with E-state index in [4.69, 9.17) is 9.26 Å². The second-order valence-electron chi connectivity index (χ2n) is 7.94. The first-order valence-electron chi connectivity index (χ1n) is 10.2. The molecule has 3 unspecified atom stereocenters. The number of aryl methyl sites for hydroxylation is 1. The number of hydrogen-bond donors (Lipinski definition) is 0. The van der Waals surface area contributed by atoms with Crippen molar-refractivity contribution >= 4 is 16.8 Å². The van der Waals surface area contributed by atoms with Crippen LogP contribution in [0.25, 0.3) is 0 Å². The third-order valence-electron chi connectivity index (χ3n) is 6.02. The monoisotopic (exact) mass is 403 g/mol. The number of piperidine rings is 1. The van der Waals surface area contributed by atoms with Crippen LogP contribution in [-0.4, -0.2) is 40.3 Å². The quantitative estimate of drug-likeness (QED) is 0.673. The summed E-state index contributed by atoms with van der Waals surface area (Å²) in [6.07, 6.45) is 6.19. The minimum atomic E-state index is -0.920. The lowest BCUT2D eigenvalue weighted by Gasteiger charge is -2.30. The number of rotatable bonds is 8. The van der Waals surface area contributed by atoms with Gasteiger partial charge in [0.25, 0.3) is 0 Å². The smallest absolute Gasteiger partial charge is 0.324 e. The van der Waals surface area contributed by atoms with E-state index in [1.165, 1.54) is 19.3 Å². The molecule has 152 valence electrons. The second kappa shape index (κ2) is 8.74. The predicted octanol–water partition coefficient (Wildman–Crippen LogP) is 3.44. The lowest BCUT2D eigenvalue weighted by Crippen LogP contribution is -2.34. The van der Waals surface area contributed by atoms with Crippen LogP contribution in [0.5, 0.6) is 0 Å². The average Bonchev–Trinajstić information content (AvgIpc) is 3.33. The van der Waals surface area contributed by atoms with Gasteiger partial charge in [-0.05, 0) is 54.7 Å². The summed E-state index contributed by atoms with van der Waals surface area (Å²) in [5.74, 6) is 3.08. The fourth-order valence-corrected chi connectivity index (χ4v) is 4.70. The first-order chi connectivity index (χ1) is 13.6. The molecule has 4 rings (SSSR count). The summed E-state index contributed by atoms with van der Waals surface area (Å²) >= 11 is 0. The third kappa shape index (κ3) is 4.63. The first kappa shape index (κ1) is 19.6. The number of aromatic nitrogens is 2. The Bertz CT molecular complexity index is 799. The number of nitrogens with zero attached hydrogens (tertiary/aromatic N) is 3. The summed E-state index contributed by atoms with van der Waals surface area (Å²) in [5.41, 5.74) is 1.14. The fourth-order valence-electron chi connectivity index (χ4n) is 4.18. The van der Waals surface area contributed by atoms with Crippen LogP contribution in [0.1, 0.15) is 37.6 Å². The Balaban J connectivity index is 1.16. The van der Waals surface area contributed by atoms with Gasteiger partial charge in [-0.25, -0.2) is 0 Å². The molecule has 0 bridgehead atoms. The minimum Gasteiger partial charge on any atom is -0.376 e. The van der Waals surface area contributed by atoms with Crippen molar-refractivity contribution in [2.45, 2.75) is 44.1 Å². The molecular weight excluding hydrogens is 374 g/mol. The molecule has 7 heteroatoms. The lowest BCUT2D eigenvalue weighted by atomic mass is 9.91. The molecule has 2 aromatic rings. The summed E-state index contributed by atoms with van der Waals surface area (Å²) in [4.78, 5) is 7.54. The predicted molar refractivity (Wildman–Crippen MR) is 109 cm³/mol. The van der Waals surface area contributed by atoms with Gasteiger partial charge in [0.2, 0.25) is 0 Å². The Morgan fingerprint density at radius 2 is 2.00 bits per heavy atom. The molecule has 3 atom stereocenters. The average molecular weight is 404 g/mol. The van der Waals surface area contributed by atoms with Crippen molar-refractivity contribution in [1.82, 2.24) is 10.1 Å². The molecule has 2 aliphatic rings. The van der Waals surface area contributed by atoms with E-state index in [2.05, 4.69) is 15.0 Å². The van der Waals surface area contributed by atoms with Gasteiger partial charge >= 0.3 is 6.01 Å². The zero-order valence-electron chi connectivity index (χ0n) is 16.7. The molecule has 1 saturated carbocycles. The number of anilines is 1. The molecule has 2 fully saturated rings. The maximum atomic E-state index is 11.4. The molecule has 28 heavy (non-hydrogen) atoms. The largest absolute Gasteiger partial charge is 0.376 e. The number of benzene rings is 1. The minimum absolute atomic E-state index is 0.634. The molecule has 6 nitrogen and oxygen atoms in total. The van der Waals surface area contributed by atoms with Crippen LogP contribution < -0.4 is 4.90 Å². The second-order valence-corrected chi connectivity index (χ2v) is 9.32. The zero-order valence-corrected chi connectivity index (χ0v) is 17.5. The van der Waals surface area contributed by atoms with Crippen LogP contribution in [0.15, 0.2) is 33.7 Å². The van der Waals surface area contributed by atoms with Crippen LogP contribution >= 0.6 is 0 Å². The molecule has 2 heterocycles. The van der Waals surface area contributed by atoms with Crippen molar-refractivity contribution in [1.29, 1.82) is 0 Å². The maximum Gasteiger partial charge on any atom is 0.324 e. The van der Waals surface area contributed by atoms with Crippen LogP contribution in [0.2, 0.25) is 0 Å². The Morgan fingerprint density at radius 3 is 2.64 bits per heavy atom. The molecule has 1 aliphatic carbocycles. The maximum absolute atomic E-state index is 11.4. The van der Waals surface area contributed by atoms with Gasteiger partial charge in [-0.2, -0.15) is 4.98 Å². The molecule has 0 spiro atoms. The molecule has 0 radical (unpaired) electrons. The van der Waals surface area contributed by atoms with Crippen LogP contribution in [0.3, 0.4) is 0 Å². The topological polar surface area (TPSA) is 68.5 Å². The highest BCUT2D eigenvalue weighted by Gasteiger charge is 2.43. The summed E-state index contributed by atoms with van der Waals surface area (Å²) in [6.45, 7) is 5.53. The van der Waals surface area contributed by atoms with E-state index >= 15 is 0 Å². The van der Waals surface area contributed by atoms with Crippen molar-refractivity contribution < 1.29 is 13.5 Å². The van der Waals surface area contributed by atoms with Crippen molar-refractivity contribution in [2.75, 3.05) is 30.9 Å². The van der Waals surface area contributed by atoms with Crippen molar-refractivity contribution in [3.63, 3.8) is 0 Å². The van der Waals surface area contributed by atoms with Gasteiger partial charge in [0.1, 0.15) is 0 Å². The highest BCUT2D eigenvalue weighted by molar-refractivity contribution is 7.84. The molecular formula is C21H29N3O3S. The fraction of sp³-hybridized carbons (Fsp3) is 0.619. The highest BCUT2D eigenvalue weighted by atomic mass is 32.2. The van der Waals surface area contributed by atoms with E-state index in [0.29, 0.717) is 18.5 Å². The molecule has 0 amide bonds. The normalized spacial score (nSPS) is 23.7. The first-order valence-corrected chi connectivity index (χ1v) is 11.8. The summed E-state index contributed by atoms with van der Waals surface area (Å²) in [5, 5.41) is 4.00. The third-order valence-corrected chi connectivity index (χ3v) is 6.96. The lowest BCUT2D eigenvalue weighted by molar-refractivity contribution is 0.104. The zero-order chi connectivity index (χ0) is 19.5. The SMILES string of the molecule is CCc1noc(N2CCC(C3CC3COCc3ccc(S(C)=O)cc3)CC2)n1. The van der Waals surface area contributed by atoms with Gasteiger partial charge in [0.05, 0.1) is 13.2 Å². The van der Waals surface area contributed by atoms with Gasteiger partial charge in [-0.1, -0.05) is 24.2 Å². The van der Waals surface area contributed by atoms with Gasteiger partial charge in [-0.15, -0.1) is 0 Å². The van der Waals surface area contributed by atoms with E-state index in [1.54, 1.807) is 6.26 Å². The van der Waals surface area contributed by atoms with Crippen LogP contribution in [0, 0.1) is 17.8 Å². The number of ether oxygens (including phenoxy) is 1. The molecule has 1 saturated heterocycles. The summed E-state index contributed by atoms with van der Waals surface area (Å²) < 4.78 is 22.8. The van der Waals surface area contributed by atoms with E-state index in [-0.39, 0.29) is 0 Å². The Morgan fingerprint density at radius 1 is 1.25 bits per heavy atom. The van der Waals surface area contributed by atoms with Crippen LogP contribution in [0.4, 0.5) is 6.01 Å².